The van der Waals surface area contributed by atoms with Crippen LogP contribution in [-0.4, -0.2) is 21.3 Å². The Morgan fingerprint density at radius 2 is 1.86 bits per heavy atom. The Labute approximate surface area is 125 Å². The van der Waals surface area contributed by atoms with Gasteiger partial charge in [-0.1, -0.05) is 0 Å². The molecule has 1 aliphatic heterocycles. The van der Waals surface area contributed by atoms with Gasteiger partial charge in [-0.2, -0.15) is 0 Å². The van der Waals surface area contributed by atoms with Gasteiger partial charge in [0, 0.05) is 24.5 Å². The van der Waals surface area contributed by atoms with Crippen molar-refractivity contribution in [2.75, 3.05) is 6.54 Å². The van der Waals surface area contributed by atoms with E-state index in [1.165, 1.54) is 17.0 Å². The van der Waals surface area contributed by atoms with Crippen molar-refractivity contribution in [2.24, 2.45) is 0 Å². The van der Waals surface area contributed by atoms with Crippen molar-refractivity contribution in [3.05, 3.63) is 46.3 Å². The number of hydrogen-bond acceptors (Lipinski definition) is 3. The summed E-state index contributed by atoms with van der Waals surface area (Å²) in [5.74, 6) is -0.0832. The van der Waals surface area contributed by atoms with E-state index in [1.54, 1.807) is 12.1 Å². The topological polar surface area (TPSA) is 57.4 Å². The third-order valence-corrected chi connectivity index (χ3v) is 4.53. The summed E-state index contributed by atoms with van der Waals surface area (Å²) in [6, 6.07) is 5.68. The number of nitrogens with zero attached hydrogens (tertiary/aromatic N) is 1. The molecule has 0 saturated carbocycles. The summed E-state index contributed by atoms with van der Waals surface area (Å²) in [5, 5.41) is 23.1. The molecular weight excluding hydrogens is 264 g/mol. The van der Waals surface area contributed by atoms with Gasteiger partial charge in [-0.15, -0.1) is 0 Å². The molecule has 0 saturated heterocycles. The molecule has 1 aromatic carbocycles. The number of aromatic nitrogens is 1. The second-order valence-electron chi connectivity index (χ2n) is 5.75. The average molecular weight is 286 g/mol. The lowest BCUT2D eigenvalue weighted by Gasteiger charge is -2.28. The maximum absolute atomic E-state index is 9.83. The number of hydrogen-bond donors (Lipinski definition) is 3. The third kappa shape index (κ3) is 2.20. The van der Waals surface area contributed by atoms with Crippen LogP contribution < -0.4 is 5.32 Å². The summed E-state index contributed by atoms with van der Waals surface area (Å²) in [7, 11) is 0. The highest BCUT2D eigenvalue weighted by Crippen LogP contribution is 2.37. The summed E-state index contributed by atoms with van der Waals surface area (Å²) < 4.78 is 2.30. The van der Waals surface area contributed by atoms with Crippen LogP contribution in [0.3, 0.4) is 0 Å². The number of fused-ring (bicyclic) bond motifs is 1. The van der Waals surface area contributed by atoms with Crippen LogP contribution in [0, 0.1) is 13.8 Å². The van der Waals surface area contributed by atoms with E-state index in [0.29, 0.717) is 0 Å². The largest absolute Gasteiger partial charge is 0.504 e. The summed E-state index contributed by atoms with van der Waals surface area (Å²) in [6.45, 7) is 8.24. The number of phenolic OH excluding ortho intramolecular Hbond substituents is 2. The minimum atomic E-state index is -0.0493. The van der Waals surface area contributed by atoms with Crippen LogP contribution in [0.25, 0.3) is 0 Å². The molecule has 1 aliphatic rings. The van der Waals surface area contributed by atoms with Crippen molar-refractivity contribution in [3.63, 3.8) is 0 Å². The molecular formula is C17H22N2O2. The van der Waals surface area contributed by atoms with Crippen LogP contribution >= 0.6 is 0 Å². The lowest BCUT2D eigenvalue weighted by Crippen LogP contribution is -2.30. The zero-order valence-electron chi connectivity index (χ0n) is 12.8. The molecule has 4 nitrogen and oxygen atoms in total. The van der Waals surface area contributed by atoms with Crippen LogP contribution in [0.5, 0.6) is 11.5 Å². The molecule has 4 heteroatoms. The van der Waals surface area contributed by atoms with E-state index in [4.69, 9.17) is 0 Å². The highest BCUT2D eigenvalue weighted by molar-refractivity contribution is 5.51. The van der Waals surface area contributed by atoms with Crippen molar-refractivity contribution >= 4 is 0 Å². The highest BCUT2D eigenvalue weighted by atomic mass is 16.3. The van der Waals surface area contributed by atoms with Gasteiger partial charge in [-0.25, -0.2) is 0 Å². The number of benzene rings is 1. The number of aryl methyl sites for hydroxylation is 1. The fourth-order valence-corrected chi connectivity index (χ4v) is 3.47. The Hall–Kier alpha value is -1.94. The zero-order chi connectivity index (χ0) is 15.1. The minimum absolute atomic E-state index is 0.0339. The Morgan fingerprint density at radius 1 is 1.14 bits per heavy atom. The number of aromatic hydroxyl groups is 2. The van der Waals surface area contributed by atoms with Crippen LogP contribution in [0.2, 0.25) is 0 Å². The average Bonchev–Trinajstić information content (AvgIpc) is 2.74. The Morgan fingerprint density at radius 3 is 2.52 bits per heavy atom. The molecule has 3 rings (SSSR count). The van der Waals surface area contributed by atoms with Crippen molar-refractivity contribution in [1.29, 1.82) is 0 Å². The quantitative estimate of drug-likeness (QED) is 0.744. The minimum Gasteiger partial charge on any atom is -0.504 e. The summed E-state index contributed by atoms with van der Waals surface area (Å²) >= 11 is 0. The molecule has 0 bridgehead atoms. The van der Waals surface area contributed by atoms with E-state index in [-0.39, 0.29) is 17.5 Å². The van der Waals surface area contributed by atoms with E-state index in [0.717, 1.165) is 30.6 Å². The summed E-state index contributed by atoms with van der Waals surface area (Å²) in [6.07, 6.45) is 0.867. The van der Waals surface area contributed by atoms with Gasteiger partial charge in [-0.05, 0) is 62.1 Å². The van der Waals surface area contributed by atoms with Gasteiger partial charge in [0.15, 0.2) is 11.5 Å². The van der Waals surface area contributed by atoms with Crippen molar-refractivity contribution in [3.8, 4) is 11.5 Å². The SMILES string of the molecule is CCn1c(C)cc([C@H]2NCCc3cc(O)c(O)cc32)c1C. The first kappa shape index (κ1) is 14.0. The summed E-state index contributed by atoms with van der Waals surface area (Å²) in [4.78, 5) is 0. The van der Waals surface area contributed by atoms with Gasteiger partial charge in [-0.3, -0.25) is 0 Å². The smallest absolute Gasteiger partial charge is 0.157 e. The standard InChI is InChI=1S/C17H22N2O2/c1-4-19-10(2)7-13(11(19)3)17-14-9-16(21)15(20)8-12(14)5-6-18-17/h7-9,17-18,20-21H,4-6H2,1-3H3/t17-/m1/s1. The molecule has 0 aliphatic carbocycles. The van der Waals surface area contributed by atoms with E-state index in [1.807, 2.05) is 0 Å². The molecule has 2 aromatic rings. The molecule has 2 heterocycles. The van der Waals surface area contributed by atoms with Gasteiger partial charge in [0.1, 0.15) is 0 Å². The molecule has 0 radical (unpaired) electrons. The zero-order valence-corrected chi connectivity index (χ0v) is 12.8. The van der Waals surface area contributed by atoms with Gasteiger partial charge < -0.3 is 20.1 Å². The van der Waals surface area contributed by atoms with Crippen molar-refractivity contribution in [1.82, 2.24) is 9.88 Å². The Kier molecular flexibility index (Phi) is 3.41. The summed E-state index contributed by atoms with van der Waals surface area (Å²) in [5.41, 5.74) is 5.93. The van der Waals surface area contributed by atoms with Gasteiger partial charge in [0.25, 0.3) is 0 Å². The van der Waals surface area contributed by atoms with Crippen LogP contribution in [0.1, 0.15) is 41.0 Å². The molecule has 0 amide bonds. The molecule has 21 heavy (non-hydrogen) atoms. The second kappa shape index (κ2) is 5.11. The molecule has 0 unspecified atom stereocenters. The van der Waals surface area contributed by atoms with Crippen LogP contribution in [0.15, 0.2) is 18.2 Å². The van der Waals surface area contributed by atoms with Gasteiger partial charge >= 0.3 is 0 Å². The predicted octanol–water partition coefficient (Wildman–Crippen LogP) is 2.77. The lowest BCUT2D eigenvalue weighted by molar-refractivity contribution is 0.400. The van der Waals surface area contributed by atoms with E-state index in [9.17, 15) is 10.2 Å². The van der Waals surface area contributed by atoms with E-state index >= 15 is 0 Å². The first-order valence-corrected chi connectivity index (χ1v) is 7.47. The molecule has 0 spiro atoms. The second-order valence-corrected chi connectivity index (χ2v) is 5.75. The maximum Gasteiger partial charge on any atom is 0.157 e. The number of rotatable bonds is 2. The highest BCUT2D eigenvalue weighted by Gasteiger charge is 2.26. The normalized spacial score (nSPS) is 17.8. The Balaban J connectivity index is 2.12. The molecule has 0 fully saturated rings. The van der Waals surface area contributed by atoms with Crippen LogP contribution in [0.4, 0.5) is 0 Å². The lowest BCUT2D eigenvalue weighted by atomic mass is 9.89. The first-order chi connectivity index (χ1) is 10.0. The van der Waals surface area contributed by atoms with Crippen LogP contribution in [-0.2, 0) is 13.0 Å². The fourth-order valence-electron chi connectivity index (χ4n) is 3.47. The number of phenols is 2. The molecule has 3 N–H and O–H groups in total. The monoisotopic (exact) mass is 286 g/mol. The van der Waals surface area contributed by atoms with E-state index < -0.39 is 0 Å². The van der Waals surface area contributed by atoms with Crippen molar-refractivity contribution < 1.29 is 10.2 Å². The molecule has 1 atom stereocenters. The third-order valence-electron chi connectivity index (χ3n) is 4.53. The fraction of sp³-hybridized carbons (Fsp3) is 0.412. The Bertz CT molecular complexity index is 689. The van der Waals surface area contributed by atoms with Crippen molar-refractivity contribution in [2.45, 2.75) is 39.8 Å². The first-order valence-electron chi connectivity index (χ1n) is 7.47. The van der Waals surface area contributed by atoms with Gasteiger partial charge in [0.05, 0.1) is 6.04 Å². The molecule has 112 valence electrons. The van der Waals surface area contributed by atoms with E-state index in [2.05, 4.69) is 36.7 Å². The van der Waals surface area contributed by atoms with Gasteiger partial charge in [0.2, 0.25) is 0 Å². The predicted molar refractivity (Wildman–Crippen MR) is 82.9 cm³/mol. The maximum atomic E-state index is 9.83. The number of nitrogens with one attached hydrogen (secondary N) is 1. The molecule has 1 aromatic heterocycles.